The molecule has 0 saturated heterocycles. The molecule has 0 unspecified atom stereocenters. The summed E-state index contributed by atoms with van der Waals surface area (Å²) in [6, 6.07) is -0.346. The fourth-order valence-electron chi connectivity index (χ4n) is 2.95. The Morgan fingerprint density at radius 3 is 2.63 bits per heavy atom. The minimum Gasteiger partial charge on any atom is -0.389 e. The van der Waals surface area contributed by atoms with Gasteiger partial charge in [0, 0.05) is 18.4 Å². The van der Waals surface area contributed by atoms with Crippen LogP contribution in [-0.2, 0) is 6.54 Å². The van der Waals surface area contributed by atoms with Gasteiger partial charge >= 0.3 is 0 Å². The van der Waals surface area contributed by atoms with Crippen LogP contribution in [0.25, 0.3) is 0 Å². The molecule has 1 heterocycles. The molecule has 4 N–H and O–H groups in total. The third kappa shape index (κ3) is 4.30. The molecule has 1 aliphatic rings. The zero-order valence-electron chi connectivity index (χ0n) is 11.4. The Bertz CT molecular complexity index is 350. The lowest BCUT2D eigenvalue weighted by atomic mass is 9.83. The van der Waals surface area contributed by atoms with Crippen molar-refractivity contribution in [2.75, 3.05) is 0 Å². The Morgan fingerprint density at radius 1 is 1.26 bits per heavy atom. The molecule has 1 fully saturated rings. The van der Waals surface area contributed by atoms with Crippen molar-refractivity contribution in [1.29, 1.82) is 0 Å². The Balaban J connectivity index is 1.78. The van der Waals surface area contributed by atoms with Crippen LogP contribution in [0.2, 0.25) is 0 Å². The first-order valence-electron chi connectivity index (χ1n) is 7.24. The van der Waals surface area contributed by atoms with E-state index >= 15 is 0 Å². The average molecular weight is 267 g/mol. The molecule has 0 aliphatic heterocycles. The van der Waals surface area contributed by atoms with Gasteiger partial charge in [0.2, 0.25) is 0 Å². The summed E-state index contributed by atoms with van der Waals surface area (Å²) in [6.45, 7) is 0.333. The highest BCUT2D eigenvalue weighted by Gasteiger charge is 2.26. The minimum atomic E-state index is -0.871. The first-order chi connectivity index (χ1) is 9.16. The Hall–Kier alpha value is -0.910. The Kier molecular flexibility index (Phi) is 5.36. The van der Waals surface area contributed by atoms with Crippen molar-refractivity contribution >= 4 is 0 Å². The summed E-state index contributed by atoms with van der Waals surface area (Å²) in [5.41, 5.74) is 6.04. The van der Waals surface area contributed by atoms with Gasteiger partial charge < -0.3 is 20.5 Å². The predicted molar refractivity (Wildman–Crippen MR) is 73.4 cm³/mol. The zero-order chi connectivity index (χ0) is 13.7. The van der Waals surface area contributed by atoms with Crippen molar-refractivity contribution < 1.29 is 10.2 Å². The van der Waals surface area contributed by atoms with Crippen LogP contribution in [0.1, 0.15) is 38.5 Å². The summed E-state index contributed by atoms with van der Waals surface area (Å²) in [5.74, 6) is 0.610. The van der Waals surface area contributed by atoms with E-state index in [1.165, 1.54) is 32.1 Å². The molecule has 0 bridgehead atoms. The van der Waals surface area contributed by atoms with Gasteiger partial charge in [0.05, 0.1) is 25.1 Å². The summed E-state index contributed by atoms with van der Waals surface area (Å²) in [7, 11) is 0. The second-order valence-electron chi connectivity index (χ2n) is 5.72. The number of aliphatic hydroxyl groups excluding tert-OH is 2. The van der Waals surface area contributed by atoms with Crippen molar-refractivity contribution in [3.05, 3.63) is 18.7 Å². The molecule has 0 amide bonds. The molecule has 0 spiro atoms. The maximum absolute atomic E-state index is 10.1. The van der Waals surface area contributed by atoms with Crippen molar-refractivity contribution in [2.24, 2.45) is 11.7 Å². The molecule has 0 aromatic carbocycles. The Morgan fingerprint density at radius 2 is 2.00 bits per heavy atom. The molecule has 5 nitrogen and oxygen atoms in total. The molecular formula is C14H25N3O2. The van der Waals surface area contributed by atoms with E-state index in [0.29, 0.717) is 12.5 Å². The van der Waals surface area contributed by atoms with E-state index in [9.17, 15) is 10.2 Å². The molecular weight excluding hydrogens is 242 g/mol. The molecule has 1 aliphatic carbocycles. The second-order valence-corrected chi connectivity index (χ2v) is 5.72. The van der Waals surface area contributed by atoms with Crippen LogP contribution in [0, 0.1) is 5.92 Å². The zero-order valence-corrected chi connectivity index (χ0v) is 11.4. The summed E-state index contributed by atoms with van der Waals surface area (Å²) in [5, 5.41) is 20.1. The van der Waals surface area contributed by atoms with Crippen molar-refractivity contribution in [3.8, 4) is 0 Å². The molecule has 1 saturated carbocycles. The lowest BCUT2D eigenvalue weighted by Crippen LogP contribution is -2.45. The quantitative estimate of drug-likeness (QED) is 0.715. The third-order valence-electron chi connectivity index (χ3n) is 4.12. The standard InChI is InChI=1S/C14H25N3O2/c15-12(8-11-4-2-1-3-5-11)14(19)13(18)9-17-7-6-16-10-17/h6-7,10-14,18-19H,1-5,8-9,15H2/t12-,13-,14+/m0/s1. The maximum atomic E-state index is 10.1. The van der Waals surface area contributed by atoms with Gasteiger partial charge in [-0.25, -0.2) is 4.98 Å². The van der Waals surface area contributed by atoms with Gasteiger partial charge in [0.15, 0.2) is 0 Å². The van der Waals surface area contributed by atoms with Gasteiger partial charge in [0.1, 0.15) is 0 Å². The molecule has 1 aromatic rings. The summed E-state index contributed by atoms with van der Waals surface area (Å²) >= 11 is 0. The van der Waals surface area contributed by atoms with Crippen molar-refractivity contribution in [3.63, 3.8) is 0 Å². The molecule has 5 heteroatoms. The van der Waals surface area contributed by atoms with Gasteiger partial charge in [-0.05, 0) is 12.3 Å². The highest BCUT2D eigenvalue weighted by Crippen LogP contribution is 2.27. The lowest BCUT2D eigenvalue weighted by molar-refractivity contribution is -0.0102. The van der Waals surface area contributed by atoms with Crippen LogP contribution in [0.3, 0.4) is 0 Å². The molecule has 2 rings (SSSR count). The summed E-state index contributed by atoms with van der Waals surface area (Å²) in [4.78, 5) is 3.91. The number of aliphatic hydroxyl groups is 2. The molecule has 19 heavy (non-hydrogen) atoms. The van der Waals surface area contributed by atoms with Gasteiger partial charge in [-0.1, -0.05) is 32.1 Å². The number of hydrogen-bond acceptors (Lipinski definition) is 4. The van der Waals surface area contributed by atoms with Crippen molar-refractivity contribution in [2.45, 2.75) is 63.3 Å². The third-order valence-corrected chi connectivity index (χ3v) is 4.12. The summed E-state index contributed by atoms with van der Waals surface area (Å²) in [6.07, 6.45) is 10.4. The van der Waals surface area contributed by atoms with E-state index in [4.69, 9.17) is 5.73 Å². The van der Waals surface area contributed by atoms with E-state index < -0.39 is 12.2 Å². The monoisotopic (exact) mass is 267 g/mol. The first kappa shape index (κ1) is 14.5. The number of imidazole rings is 1. The number of nitrogens with zero attached hydrogens (tertiary/aromatic N) is 2. The van der Waals surface area contributed by atoms with Crippen LogP contribution < -0.4 is 5.73 Å². The molecule has 1 aromatic heterocycles. The Labute approximate surface area is 114 Å². The number of hydrogen-bond donors (Lipinski definition) is 3. The second kappa shape index (κ2) is 7.03. The van der Waals surface area contributed by atoms with Crippen molar-refractivity contribution in [1.82, 2.24) is 9.55 Å². The fourth-order valence-corrected chi connectivity index (χ4v) is 2.95. The van der Waals surface area contributed by atoms with Crippen LogP contribution in [0.15, 0.2) is 18.7 Å². The SMILES string of the molecule is N[C@@H](CC1CCCCC1)[C@@H](O)[C@@H](O)Cn1ccnc1. The van der Waals surface area contributed by atoms with E-state index in [1.807, 2.05) is 0 Å². The topological polar surface area (TPSA) is 84.3 Å². The highest BCUT2D eigenvalue weighted by atomic mass is 16.3. The number of nitrogens with two attached hydrogens (primary N) is 1. The normalized spacial score (nSPS) is 22.1. The van der Waals surface area contributed by atoms with E-state index in [1.54, 1.807) is 23.3 Å². The molecule has 0 radical (unpaired) electrons. The van der Waals surface area contributed by atoms with E-state index in [0.717, 1.165) is 6.42 Å². The number of rotatable bonds is 6. The minimum absolute atomic E-state index is 0.333. The fraction of sp³-hybridized carbons (Fsp3) is 0.786. The largest absolute Gasteiger partial charge is 0.389 e. The van der Waals surface area contributed by atoms with Crippen LogP contribution in [0.4, 0.5) is 0 Å². The van der Waals surface area contributed by atoms with Gasteiger partial charge in [-0.2, -0.15) is 0 Å². The predicted octanol–water partition coefficient (Wildman–Crippen LogP) is 0.903. The van der Waals surface area contributed by atoms with E-state index in [2.05, 4.69) is 4.98 Å². The molecule has 108 valence electrons. The molecule has 3 atom stereocenters. The smallest absolute Gasteiger partial charge is 0.0993 e. The van der Waals surface area contributed by atoms with Gasteiger partial charge in [-0.15, -0.1) is 0 Å². The average Bonchev–Trinajstić information content (AvgIpc) is 2.91. The lowest BCUT2D eigenvalue weighted by Gasteiger charge is -2.29. The summed E-state index contributed by atoms with van der Waals surface area (Å²) < 4.78 is 1.75. The van der Waals surface area contributed by atoms with Crippen LogP contribution in [-0.4, -0.2) is 38.0 Å². The first-order valence-corrected chi connectivity index (χ1v) is 7.24. The van der Waals surface area contributed by atoms with Crippen LogP contribution in [0.5, 0.6) is 0 Å². The van der Waals surface area contributed by atoms with E-state index in [-0.39, 0.29) is 6.04 Å². The van der Waals surface area contributed by atoms with Gasteiger partial charge in [-0.3, -0.25) is 0 Å². The highest BCUT2D eigenvalue weighted by molar-refractivity contribution is 4.84. The van der Waals surface area contributed by atoms with Gasteiger partial charge in [0.25, 0.3) is 0 Å². The van der Waals surface area contributed by atoms with Crippen LogP contribution >= 0.6 is 0 Å². The number of aromatic nitrogens is 2. The maximum Gasteiger partial charge on any atom is 0.0993 e.